The fourth-order valence-corrected chi connectivity index (χ4v) is 6.11. The molecule has 7 heteroatoms. The molecule has 3 unspecified atom stereocenters. The molecule has 3 aliphatic rings. The summed E-state index contributed by atoms with van der Waals surface area (Å²) in [5.41, 5.74) is 3.55. The van der Waals surface area contributed by atoms with Crippen LogP contribution in [0.4, 0.5) is 0 Å². The number of ketones is 1. The number of Topliss-reactive ketones (excluding diaryl/α,β-unsaturated/α-hetero) is 1. The zero-order valence-electron chi connectivity index (χ0n) is 18.4. The largest absolute Gasteiger partial charge is 0.459 e. The molecule has 2 aromatic rings. The summed E-state index contributed by atoms with van der Waals surface area (Å²) >= 11 is 7.99. The van der Waals surface area contributed by atoms with Crippen LogP contribution in [0, 0.1) is 0 Å². The summed E-state index contributed by atoms with van der Waals surface area (Å²) in [6, 6.07) is 11.5. The number of carbonyl (C=O) groups excluding carboxylic acids is 2. The first-order valence-electron chi connectivity index (χ1n) is 11.3. The number of nitrogens with one attached hydrogen (secondary N) is 1. The second-order valence-corrected chi connectivity index (χ2v) is 10.2. The van der Waals surface area contributed by atoms with Crippen LogP contribution in [-0.2, 0) is 19.1 Å². The van der Waals surface area contributed by atoms with Crippen LogP contribution in [0.15, 0.2) is 64.3 Å². The predicted molar refractivity (Wildman–Crippen MR) is 128 cm³/mol. The van der Waals surface area contributed by atoms with E-state index in [0.29, 0.717) is 29.2 Å². The molecule has 1 aliphatic carbocycles. The van der Waals surface area contributed by atoms with Crippen molar-refractivity contribution in [3.63, 3.8) is 0 Å². The number of allylic oxidation sites excluding steroid dienone is 3. The molecule has 33 heavy (non-hydrogen) atoms. The number of rotatable bonds is 5. The van der Waals surface area contributed by atoms with Gasteiger partial charge in [-0.3, -0.25) is 4.79 Å². The van der Waals surface area contributed by atoms with E-state index >= 15 is 0 Å². The molecule has 0 saturated carbocycles. The fraction of sp³-hybridized carbons (Fsp3) is 0.385. The summed E-state index contributed by atoms with van der Waals surface area (Å²) in [7, 11) is 0. The number of benzene rings is 1. The third kappa shape index (κ3) is 4.52. The highest BCUT2D eigenvalue weighted by atomic mass is 35.5. The minimum absolute atomic E-state index is 0.0593. The number of hydrogen-bond acceptors (Lipinski definition) is 6. The topological polar surface area (TPSA) is 64.6 Å². The highest BCUT2D eigenvalue weighted by Crippen LogP contribution is 2.46. The minimum Gasteiger partial charge on any atom is -0.459 e. The number of esters is 1. The molecule has 5 rings (SSSR count). The SMILES string of the molecule is CC1=C(C(=O)OCC2CCCO2)C(c2cccc(Cl)c2)C2=C(CC(c3cccs3)CC2=O)N1. The van der Waals surface area contributed by atoms with E-state index in [1.807, 2.05) is 36.6 Å². The standard InChI is InChI=1S/C26H26ClNO4S/c1-15-23(26(30)32-14-19-7-3-9-31-19)24(16-5-2-6-18(27)11-16)25-20(28-15)12-17(13-21(25)29)22-8-4-10-33-22/h2,4-6,8,10-11,17,19,24,28H,3,7,9,12-14H2,1H3. The summed E-state index contributed by atoms with van der Waals surface area (Å²) < 4.78 is 11.3. The molecule has 1 N–H and O–H groups in total. The lowest BCUT2D eigenvalue weighted by molar-refractivity contribution is -0.142. The van der Waals surface area contributed by atoms with Crippen molar-refractivity contribution in [1.82, 2.24) is 5.32 Å². The number of carbonyl (C=O) groups is 2. The maximum Gasteiger partial charge on any atom is 0.336 e. The van der Waals surface area contributed by atoms with E-state index < -0.39 is 11.9 Å². The Morgan fingerprint density at radius 2 is 2.15 bits per heavy atom. The van der Waals surface area contributed by atoms with Gasteiger partial charge >= 0.3 is 5.97 Å². The lowest BCUT2D eigenvalue weighted by Gasteiger charge is -2.36. The van der Waals surface area contributed by atoms with Gasteiger partial charge in [0.15, 0.2) is 5.78 Å². The average molecular weight is 484 g/mol. The van der Waals surface area contributed by atoms with Gasteiger partial charge in [-0.25, -0.2) is 4.79 Å². The third-order valence-corrected chi connectivity index (χ3v) is 7.87. The van der Waals surface area contributed by atoms with E-state index in [1.165, 1.54) is 4.88 Å². The second-order valence-electron chi connectivity index (χ2n) is 8.82. The fourth-order valence-electron chi connectivity index (χ4n) is 5.08. The Labute approximate surface area is 202 Å². The Hall–Kier alpha value is -2.41. The van der Waals surface area contributed by atoms with Gasteiger partial charge in [0.2, 0.25) is 0 Å². The third-order valence-electron chi connectivity index (χ3n) is 6.60. The van der Waals surface area contributed by atoms with E-state index in [4.69, 9.17) is 21.1 Å². The van der Waals surface area contributed by atoms with Crippen molar-refractivity contribution in [3.05, 3.63) is 79.8 Å². The Morgan fingerprint density at radius 1 is 1.27 bits per heavy atom. The molecule has 2 aliphatic heterocycles. The zero-order valence-corrected chi connectivity index (χ0v) is 20.0. The molecular formula is C26H26ClNO4S. The van der Waals surface area contributed by atoms with Crippen LogP contribution in [0.2, 0.25) is 5.02 Å². The van der Waals surface area contributed by atoms with Crippen molar-refractivity contribution in [2.45, 2.75) is 50.5 Å². The van der Waals surface area contributed by atoms with Gasteiger partial charge in [-0.05, 0) is 55.3 Å². The van der Waals surface area contributed by atoms with Crippen LogP contribution >= 0.6 is 22.9 Å². The van der Waals surface area contributed by atoms with Gasteiger partial charge in [-0.15, -0.1) is 11.3 Å². The van der Waals surface area contributed by atoms with E-state index in [1.54, 1.807) is 17.4 Å². The summed E-state index contributed by atoms with van der Waals surface area (Å²) in [6.45, 7) is 2.80. The molecule has 0 spiro atoms. The van der Waals surface area contributed by atoms with Gasteiger partial charge in [-0.2, -0.15) is 0 Å². The van der Waals surface area contributed by atoms with Gasteiger partial charge in [-0.1, -0.05) is 29.8 Å². The quantitative estimate of drug-likeness (QED) is 0.570. The van der Waals surface area contributed by atoms with Crippen molar-refractivity contribution in [1.29, 1.82) is 0 Å². The molecule has 0 radical (unpaired) electrons. The van der Waals surface area contributed by atoms with E-state index in [2.05, 4.69) is 11.4 Å². The van der Waals surface area contributed by atoms with Crippen LogP contribution in [-0.4, -0.2) is 31.1 Å². The number of ether oxygens (including phenoxy) is 2. The van der Waals surface area contributed by atoms with Crippen molar-refractivity contribution < 1.29 is 19.1 Å². The molecule has 1 aromatic carbocycles. The smallest absolute Gasteiger partial charge is 0.336 e. The molecule has 1 aromatic heterocycles. The molecule has 3 atom stereocenters. The number of thiophene rings is 1. The van der Waals surface area contributed by atoms with Gasteiger partial charge in [0.25, 0.3) is 0 Å². The molecule has 1 saturated heterocycles. The Bertz CT molecular complexity index is 1130. The number of halogens is 1. The Balaban J connectivity index is 1.50. The van der Waals surface area contributed by atoms with Crippen molar-refractivity contribution in [2.75, 3.05) is 13.2 Å². The van der Waals surface area contributed by atoms with Gasteiger partial charge in [0, 0.05) is 51.7 Å². The van der Waals surface area contributed by atoms with E-state index in [-0.39, 0.29) is 24.4 Å². The monoisotopic (exact) mass is 483 g/mol. The van der Waals surface area contributed by atoms with Crippen LogP contribution in [0.25, 0.3) is 0 Å². The summed E-state index contributed by atoms with van der Waals surface area (Å²) in [5.74, 6) is -0.720. The summed E-state index contributed by atoms with van der Waals surface area (Å²) in [5, 5.41) is 6.00. The molecule has 172 valence electrons. The maximum atomic E-state index is 13.5. The minimum atomic E-state index is -0.506. The zero-order chi connectivity index (χ0) is 22.9. The van der Waals surface area contributed by atoms with Gasteiger partial charge in [0.05, 0.1) is 11.7 Å². The van der Waals surface area contributed by atoms with Crippen molar-refractivity contribution in [3.8, 4) is 0 Å². The second kappa shape index (κ2) is 9.45. The molecule has 3 heterocycles. The lowest BCUT2D eigenvalue weighted by atomic mass is 9.72. The Morgan fingerprint density at radius 3 is 2.88 bits per heavy atom. The van der Waals surface area contributed by atoms with E-state index in [0.717, 1.165) is 36.2 Å². The first-order chi connectivity index (χ1) is 16.0. The van der Waals surface area contributed by atoms with Gasteiger partial charge < -0.3 is 14.8 Å². The van der Waals surface area contributed by atoms with Crippen LogP contribution in [0.1, 0.15) is 54.9 Å². The van der Waals surface area contributed by atoms with Crippen LogP contribution < -0.4 is 5.32 Å². The van der Waals surface area contributed by atoms with Crippen molar-refractivity contribution >= 4 is 34.7 Å². The highest BCUT2D eigenvalue weighted by Gasteiger charge is 2.41. The molecule has 1 fully saturated rings. The van der Waals surface area contributed by atoms with Crippen LogP contribution in [0.5, 0.6) is 0 Å². The van der Waals surface area contributed by atoms with Crippen LogP contribution in [0.3, 0.4) is 0 Å². The van der Waals surface area contributed by atoms with Gasteiger partial charge in [0.1, 0.15) is 6.61 Å². The average Bonchev–Trinajstić information content (AvgIpc) is 3.50. The molecule has 5 nitrogen and oxygen atoms in total. The first-order valence-corrected chi connectivity index (χ1v) is 12.6. The predicted octanol–water partition coefficient (Wildman–Crippen LogP) is 5.49. The number of hydrogen-bond donors (Lipinski definition) is 1. The molecule has 0 bridgehead atoms. The normalized spacial score (nSPS) is 25.2. The lowest BCUT2D eigenvalue weighted by Crippen LogP contribution is -2.36. The first kappa shape index (κ1) is 22.4. The Kier molecular flexibility index (Phi) is 6.41. The molecule has 0 amide bonds. The maximum absolute atomic E-state index is 13.5. The molecular weight excluding hydrogens is 458 g/mol. The van der Waals surface area contributed by atoms with Crippen molar-refractivity contribution in [2.24, 2.45) is 0 Å². The highest BCUT2D eigenvalue weighted by molar-refractivity contribution is 7.10. The van der Waals surface area contributed by atoms with E-state index in [9.17, 15) is 9.59 Å². The summed E-state index contributed by atoms with van der Waals surface area (Å²) in [6.07, 6.45) is 2.96. The number of dihydropyridines is 1. The summed E-state index contributed by atoms with van der Waals surface area (Å²) in [4.78, 5) is 28.1.